The second-order valence-electron chi connectivity index (χ2n) is 4.20. The van der Waals surface area contributed by atoms with E-state index in [0.29, 0.717) is 16.1 Å². The minimum absolute atomic E-state index is 0.0223. The summed E-state index contributed by atoms with van der Waals surface area (Å²) in [4.78, 5) is 22.5. The Labute approximate surface area is 124 Å². The van der Waals surface area contributed by atoms with E-state index in [0.717, 1.165) is 16.9 Å². The van der Waals surface area contributed by atoms with Crippen LogP contribution in [0.5, 0.6) is 0 Å². The summed E-state index contributed by atoms with van der Waals surface area (Å²) in [5, 5.41) is 14.3. The van der Waals surface area contributed by atoms with Crippen LogP contribution in [0.3, 0.4) is 0 Å². The number of hydrogen-bond acceptors (Lipinski definition) is 6. The van der Waals surface area contributed by atoms with E-state index in [4.69, 9.17) is 5.73 Å². The summed E-state index contributed by atoms with van der Waals surface area (Å²) >= 11 is 0.973. The van der Waals surface area contributed by atoms with Gasteiger partial charge in [0.25, 0.3) is 5.91 Å². The lowest BCUT2D eigenvalue weighted by Gasteiger charge is -2.03. The topological polar surface area (TPSA) is 111 Å². The van der Waals surface area contributed by atoms with Crippen molar-refractivity contribution in [1.29, 1.82) is 0 Å². The average molecular weight is 304 g/mol. The van der Waals surface area contributed by atoms with Crippen LogP contribution >= 0.6 is 11.3 Å². The molecule has 7 nitrogen and oxygen atoms in total. The molecule has 1 amide bonds. The van der Waals surface area contributed by atoms with Crippen molar-refractivity contribution in [3.05, 3.63) is 56.5 Å². The third kappa shape index (κ3) is 3.63. The Morgan fingerprint density at radius 2 is 2.19 bits per heavy atom. The molecule has 2 rings (SSSR count). The molecule has 0 fully saturated rings. The lowest BCUT2D eigenvalue weighted by atomic mass is 10.1. The molecular formula is C13H12N4O3S. The highest BCUT2D eigenvalue weighted by Crippen LogP contribution is 2.22. The molecule has 1 aromatic heterocycles. The Balaban J connectivity index is 2.01. The van der Waals surface area contributed by atoms with Gasteiger partial charge in [0, 0.05) is 17.3 Å². The first kappa shape index (κ1) is 14.7. The van der Waals surface area contributed by atoms with Crippen LogP contribution in [0, 0.1) is 17.0 Å². The third-order valence-corrected chi connectivity index (χ3v) is 3.66. The fourth-order valence-corrected chi connectivity index (χ4v) is 2.20. The molecule has 21 heavy (non-hydrogen) atoms. The molecule has 0 spiro atoms. The number of amides is 1. The van der Waals surface area contributed by atoms with Gasteiger partial charge in [-0.1, -0.05) is 17.4 Å². The van der Waals surface area contributed by atoms with Crippen LogP contribution in [0.25, 0.3) is 0 Å². The molecule has 0 atom stereocenters. The highest BCUT2D eigenvalue weighted by molar-refractivity contribution is 7.16. The number of nitrogens with two attached hydrogens (primary N) is 1. The maximum absolute atomic E-state index is 11.8. The Kier molecular flexibility index (Phi) is 4.29. The number of carbonyl (C=O) groups excluding carboxylic acids is 1. The molecule has 0 saturated heterocycles. The van der Waals surface area contributed by atoms with Gasteiger partial charge in [0.05, 0.1) is 16.0 Å². The largest absolute Gasteiger partial charge is 0.398 e. The molecule has 0 unspecified atom stereocenters. The van der Waals surface area contributed by atoms with Gasteiger partial charge in [-0.05, 0) is 30.7 Å². The SMILES string of the molecule is Cc1ccc(C(=O)N/N=C/c2ccc([N+](=O)[O-])s2)cc1N. The zero-order valence-corrected chi connectivity index (χ0v) is 11.9. The van der Waals surface area contributed by atoms with Crippen molar-refractivity contribution in [3.63, 3.8) is 0 Å². The van der Waals surface area contributed by atoms with Crippen molar-refractivity contribution in [2.45, 2.75) is 6.92 Å². The zero-order valence-electron chi connectivity index (χ0n) is 11.1. The lowest BCUT2D eigenvalue weighted by molar-refractivity contribution is -0.380. The number of nitrogen functional groups attached to an aromatic ring is 1. The average Bonchev–Trinajstić information content (AvgIpc) is 2.91. The van der Waals surface area contributed by atoms with Gasteiger partial charge >= 0.3 is 5.00 Å². The number of nitrogens with zero attached hydrogens (tertiary/aromatic N) is 2. The van der Waals surface area contributed by atoms with E-state index in [-0.39, 0.29) is 5.00 Å². The number of benzene rings is 1. The first-order valence-corrected chi connectivity index (χ1v) is 6.73. The van der Waals surface area contributed by atoms with Gasteiger partial charge in [0.15, 0.2) is 0 Å². The summed E-state index contributed by atoms with van der Waals surface area (Å²) in [6, 6.07) is 7.90. The molecule has 2 aromatic rings. The molecular weight excluding hydrogens is 292 g/mol. The van der Waals surface area contributed by atoms with E-state index < -0.39 is 10.8 Å². The van der Waals surface area contributed by atoms with Crippen LogP contribution in [-0.2, 0) is 0 Å². The van der Waals surface area contributed by atoms with Crippen molar-refractivity contribution in [2.75, 3.05) is 5.73 Å². The van der Waals surface area contributed by atoms with E-state index in [1.165, 1.54) is 12.3 Å². The van der Waals surface area contributed by atoms with Crippen LogP contribution in [0.1, 0.15) is 20.8 Å². The van der Waals surface area contributed by atoms with Crippen molar-refractivity contribution in [3.8, 4) is 0 Å². The fourth-order valence-electron chi connectivity index (χ4n) is 1.51. The first-order valence-electron chi connectivity index (χ1n) is 5.91. The molecule has 108 valence electrons. The van der Waals surface area contributed by atoms with Crippen LogP contribution in [0.15, 0.2) is 35.4 Å². The number of hydrogen-bond donors (Lipinski definition) is 2. The summed E-state index contributed by atoms with van der Waals surface area (Å²) in [5.41, 5.74) is 9.89. The number of hydrazone groups is 1. The van der Waals surface area contributed by atoms with Crippen LogP contribution in [0.2, 0.25) is 0 Å². The second kappa shape index (κ2) is 6.14. The van der Waals surface area contributed by atoms with Crippen molar-refractivity contribution >= 4 is 34.1 Å². The molecule has 0 aliphatic rings. The number of thiophene rings is 1. The standard InChI is InChI=1S/C13H12N4O3S/c1-8-2-3-9(6-11(8)14)13(18)16-15-7-10-4-5-12(21-10)17(19)20/h2-7H,14H2,1H3,(H,16,18)/b15-7+. The van der Waals surface area contributed by atoms with E-state index in [1.54, 1.807) is 24.3 Å². The molecule has 0 bridgehead atoms. The minimum atomic E-state index is -0.477. The van der Waals surface area contributed by atoms with Crippen molar-refractivity contribution in [1.82, 2.24) is 5.43 Å². The molecule has 1 heterocycles. The van der Waals surface area contributed by atoms with E-state index in [2.05, 4.69) is 10.5 Å². The lowest BCUT2D eigenvalue weighted by Crippen LogP contribution is -2.17. The number of anilines is 1. The van der Waals surface area contributed by atoms with Crippen LogP contribution in [-0.4, -0.2) is 17.0 Å². The van der Waals surface area contributed by atoms with Gasteiger partial charge in [-0.15, -0.1) is 0 Å². The summed E-state index contributed by atoms with van der Waals surface area (Å²) in [6.07, 6.45) is 1.35. The third-order valence-electron chi connectivity index (χ3n) is 2.69. The molecule has 0 aliphatic carbocycles. The molecule has 0 saturated carbocycles. The van der Waals surface area contributed by atoms with Gasteiger partial charge in [-0.2, -0.15) is 5.10 Å². The van der Waals surface area contributed by atoms with Crippen LogP contribution < -0.4 is 11.2 Å². The van der Waals surface area contributed by atoms with E-state index in [9.17, 15) is 14.9 Å². The number of carbonyl (C=O) groups is 1. The number of rotatable bonds is 4. The zero-order chi connectivity index (χ0) is 15.4. The Bertz CT molecular complexity index is 724. The van der Waals surface area contributed by atoms with Gasteiger partial charge in [0.2, 0.25) is 0 Å². The maximum atomic E-state index is 11.8. The molecule has 8 heteroatoms. The molecule has 0 radical (unpaired) electrons. The first-order chi connectivity index (χ1) is 9.97. The highest BCUT2D eigenvalue weighted by atomic mass is 32.1. The quantitative estimate of drug-likeness (QED) is 0.391. The fraction of sp³-hybridized carbons (Fsp3) is 0.0769. The Morgan fingerprint density at radius 3 is 2.81 bits per heavy atom. The van der Waals surface area contributed by atoms with E-state index in [1.807, 2.05) is 6.92 Å². The van der Waals surface area contributed by atoms with Crippen molar-refractivity contribution < 1.29 is 9.72 Å². The summed E-state index contributed by atoms with van der Waals surface area (Å²) in [5.74, 6) is -0.399. The summed E-state index contributed by atoms with van der Waals surface area (Å²) < 4.78 is 0. The normalized spacial score (nSPS) is 10.7. The predicted molar refractivity (Wildman–Crippen MR) is 81.6 cm³/mol. The maximum Gasteiger partial charge on any atom is 0.324 e. The van der Waals surface area contributed by atoms with Crippen molar-refractivity contribution in [2.24, 2.45) is 5.10 Å². The van der Waals surface area contributed by atoms with E-state index >= 15 is 0 Å². The Morgan fingerprint density at radius 1 is 1.43 bits per heavy atom. The Hall–Kier alpha value is -2.74. The summed E-state index contributed by atoms with van der Waals surface area (Å²) in [7, 11) is 0. The van der Waals surface area contributed by atoms with Gasteiger partial charge < -0.3 is 5.73 Å². The monoisotopic (exact) mass is 304 g/mol. The van der Waals surface area contributed by atoms with Gasteiger partial charge in [-0.3, -0.25) is 14.9 Å². The van der Waals surface area contributed by atoms with Gasteiger partial charge in [-0.25, -0.2) is 5.43 Å². The minimum Gasteiger partial charge on any atom is -0.398 e. The predicted octanol–water partition coefficient (Wildman–Crippen LogP) is 2.31. The smallest absolute Gasteiger partial charge is 0.324 e. The second-order valence-corrected chi connectivity index (χ2v) is 5.30. The number of aryl methyl sites for hydroxylation is 1. The number of nitrogens with one attached hydrogen (secondary N) is 1. The number of nitro groups is 1. The summed E-state index contributed by atoms with van der Waals surface area (Å²) in [6.45, 7) is 1.85. The molecule has 0 aliphatic heterocycles. The molecule has 3 N–H and O–H groups in total. The van der Waals surface area contributed by atoms with Crippen LogP contribution in [0.4, 0.5) is 10.7 Å². The van der Waals surface area contributed by atoms with Gasteiger partial charge in [0.1, 0.15) is 0 Å². The molecule has 1 aromatic carbocycles. The highest BCUT2D eigenvalue weighted by Gasteiger charge is 2.08.